The Labute approximate surface area is 112 Å². The third kappa shape index (κ3) is 2.11. The van der Waals surface area contributed by atoms with E-state index in [1.165, 1.54) is 24.4 Å². The Morgan fingerprint density at radius 1 is 1.00 bits per heavy atom. The molecule has 2 heterocycles. The van der Waals surface area contributed by atoms with E-state index in [4.69, 9.17) is 10.3 Å². The lowest BCUT2D eigenvalue weighted by Crippen LogP contribution is -1.90. The first-order valence-corrected chi connectivity index (χ1v) is 5.77. The van der Waals surface area contributed by atoms with Crippen LogP contribution < -0.4 is 5.73 Å². The molecule has 6 heteroatoms. The van der Waals surface area contributed by atoms with Crippen molar-refractivity contribution in [2.75, 3.05) is 5.73 Å². The first kappa shape index (κ1) is 12.3. The molecule has 3 rings (SSSR count). The molecule has 0 unspecified atom stereocenters. The molecule has 4 nitrogen and oxygen atoms in total. The van der Waals surface area contributed by atoms with Gasteiger partial charge in [-0.2, -0.15) is 0 Å². The zero-order chi connectivity index (χ0) is 14.1. The van der Waals surface area contributed by atoms with Crippen LogP contribution in [0.1, 0.15) is 0 Å². The van der Waals surface area contributed by atoms with Gasteiger partial charge in [-0.15, -0.1) is 0 Å². The highest BCUT2D eigenvalue weighted by atomic mass is 19.1. The first-order valence-electron chi connectivity index (χ1n) is 5.77. The van der Waals surface area contributed by atoms with E-state index in [9.17, 15) is 8.78 Å². The summed E-state index contributed by atoms with van der Waals surface area (Å²) < 4.78 is 31.5. The first-order chi connectivity index (χ1) is 9.65. The number of pyridine rings is 1. The largest absolute Gasteiger partial charge is 0.367 e. The maximum Gasteiger partial charge on any atom is 0.230 e. The second-order valence-electron chi connectivity index (χ2n) is 4.17. The fourth-order valence-electron chi connectivity index (χ4n) is 1.96. The van der Waals surface area contributed by atoms with Crippen molar-refractivity contribution in [3.8, 4) is 22.4 Å². The lowest BCUT2D eigenvalue weighted by atomic mass is 10.0. The van der Waals surface area contributed by atoms with E-state index in [1.807, 2.05) is 0 Å². The monoisotopic (exact) mass is 273 g/mol. The molecular weight excluding hydrogens is 264 g/mol. The summed E-state index contributed by atoms with van der Waals surface area (Å²) in [4.78, 5) is 3.75. The average molecular weight is 273 g/mol. The van der Waals surface area contributed by atoms with E-state index in [2.05, 4.69) is 10.1 Å². The van der Waals surface area contributed by atoms with Crippen molar-refractivity contribution < 1.29 is 13.3 Å². The van der Waals surface area contributed by atoms with E-state index in [-0.39, 0.29) is 5.88 Å². The molecule has 0 saturated carbocycles. The predicted octanol–water partition coefficient (Wildman–Crippen LogP) is 3.26. The van der Waals surface area contributed by atoms with Gasteiger partial charge < -0.3 is 10.3 Å². The van der Waals surface area contributed by atoms with Crippen LogP contribution in [0.5, 0.6) is 0 Å². The van der Waals surface area contributed by atoms with Gasteiger partial charge in [-0.25, -0.2) is 8.78 Å². The normalized spacial score (nSPS) is 10.7. The van der Waals surface area contributed by atoms with Gasteiger partial charge in [0, 0.05) is 11.8 Å². The number of rotatable bonds is 2. The molecule has 0 aliphatic heterocycles. The van der Waals surface area contributed by atoms with Gasteiger partial charge in [-0.3, -0.25) is 4.98 Å². The van der Waals surface area contributed by atoms with E-state index < -0.39 is 11.6 Å². The summed E-state index contributed by atoms with van der Waals surface area (Å²) in [5.41, 5.74) is 7.38. The van der Waals surface area contributed by atoms with Crippen molar-refractivity contribution in [1.29, 1.82) is 0 Å². The maximum atomic E-state index is 13.3. The second kappa shape index (κ2) is 4.73. The molecule has 0 atom stereocenters. The van der Waals surface area contributed by atoms with Crippen molar-refractivity contribution in [1.82, 2.24) is 10.1 Å². The molecule has 0 amide bonds. The number of anilines is 1. The molecule has 0 aliphatic carbocycles. The number of hydrogen-bond donors (Lipinski definition) is 1. The molecule has 2 N–H and O–H groups in total. The summed E-state index contributed by atoms with van der Waals surface area (Å²) in [5.74, 6) is -0.879. The van der Waals surface area contributed by atoms with Crippen molar-refractivity contribution >= 4 is 5.88 Å². The SMILES string of the molecule is Nc1onc(-c2cncc(F)c2)c1-c1cccc(F)c1. The van der Waals surface area contributed by atoms with Crippen LogP contribution in [-0.2, 0) is 0 Å². The number of benzene rings is 1. The summed E-state index contributed by atoms with van der Waals surface area (Å²) in [6.07, 6.45) is 2.51. The number of nitrogens with two attached hydrogens (primary N) is 1. The zero-order valence-electron chi connectivity index (χ0n) is 10.2. The van der Waals surface area contributed by atoms with Gasteiger partial charge in [-0.1, -0.05) is 17.3 Å². The van der Waals surface area contributed by atoms with Gasteiger partial charge >= 0.3 is 0 Å². The van der Waals surface area contributed by atoms with E-state index in [0.29, 0.717) is 22.4 Å². The quantitative estimate of drug-likeness (QED) is 0.778. The van der Waals surface area contributed by atoms with Gasteiger partial charge in [0.2, 0.25) is 5.88 Å². The number of hydrogen-bond acceptors (Lipinski definition) is 4. The molecular formula is C14H9F2N3O. The third-order valence-corrected chi connectivity index (χ3v) is 2.81. The van der Waals surface area contributed by atoms with Crippen molar-refractivity contribution in [2.45, 2.75) is 0 Å². The van der Waals surface area contributed by atoms with Crippen LogP contribution in [0.25, 0.3) is 22.4 Å². The molecule has 0 radical (unpaired) electrons. The van der Waals surface area contributed by atoms with Crippen molar-refractivity contribution in [2.24, 2.45) is 0 Å². The van der Waals surface area contributed by atoms with Crippen LogP contribution in [0.3, 0.4) is 0 Å². The Hall–Kier alpha value is -2.76. The maximum absolute atomic E-state index is 13.3. The molecule has 1 aromatic carbocycles. The summed E-state index contributed by atoms with van der Waals surface area (Å²) in [6.45, 7) is 0. The molecule has 20 heavy (non-hydrogen) atoms. The molecule has 0 spiro atoms. The molecule has 0 bridgehead atoms. The Morgan fingerprint density at radius 2 is 1.80 bits per heavy atom. The minimum absolute atomic E-state index is 0.0369. The Kier molecular flexibility index (Phi) is 2.90. The van der Waals surface area contributed by atoms with Gasteiger partial charge in [-0.05, 0) is 23.8 Å². The number of halogens is 2. The molecule has 0 fully saturated rings. The van der Waals surface area contributed by atoms with Gasteiger partial charge in [0.25, 0.3) is 0 Å². The smallest absolute Gasteiger partial charge is 0.230 e. The Morgan fingerprint density at radius 3 is 2.55 bits per heavy atom. The van der Waals surface area contributed by atoms with Crippen LogP contribution in [-0.4, -0.2) is 10.1 Å². The van der Waals surface area contributed by atoms with E-state index in [1.54, 1.807) is 12.1 Å². The number of nitrogen functional groups attached to an aromatic ring is 1. The number of aromatic nitrogens is 2. The van der Waals surface area contributed by atoms with Crippen LogP contribution in [0.15, 0.2) is 47.2 Å². The molecule has 100 valence electrons. The third-order valence-electron chi connectivity index (χ3n) is 2.81. The molecule has 0 aliphatic rings. The summed E-state index contributed by atoms with van der Waals surface area (Å²) in [6, 6.07) is 7.09. The Bertz CT molecular complexity index is 771. The van der Waals surface area contributed by atoms with Crippen molar-refractivity contribution in [3.63, 3.8) is 0 Å². The van der Waals surface area contributed by atoms with Crippen LogP contribution in [0.4, 0.5) is 14.7 Å². The topological polar surface area (TPSA) is 64.9 Å². The highest BCUT2D eigenvalue weighted by molar-refractivity contribution is 5.86. The summed E-state index contributed by atoms with van der Waals surface area (Å²) >= 11 is 0. The molecule has 2 aromatic heterocycles. The fourth-order valence-corrected chi connectivity index (χ4v) is 1.96. The summed E-state index contributed by atoms with van der Waals surface area (Å²) in [5, 5.41) is 3.80. The standard InChI is InChI=1S/C14H9F2N3O/c15-10-3-1-2-8(4-10)12-13(19-20-14(12)17)9-5-11(16)7-18-6-9/h1-7H,17H2. The molecule has 0 saturated heterocycles. The average Bonchev–Trinajstić information content (AvgIpc) is 2.80. The highest BCUT2D eigenvalue weighted by Crippen LogP contribution is 2.36. The van der Waals surface area contributed by atoms with Gasteiger partial charge in [0.1, 0.15) is 17.3 Å². The highest BCUT2D eigenvalue weighted by Gasteiger charge is 2.18. The van der Waals surface area contributed by atoms with Gasteiger partial charge in [0.05, 0.1) is 11.8 Å². The molecule has 3 aromatic rings. The minimum atomic E-state index is -0.505. The lowest BCUT2D eigenvalue weighted by molar-refractivity contribution is 0.439. The van der Waals surface area contributed by atoms with Gasteiger partial charge in [0.15, 0.2) is 0 Å². The lowest BCUT2D eigenvalue weighted by Gasteiger charge is -2.03. The number of nitrogens with zero attached hydrogens (tertiary/aromatic N) is 2. The minimum Gasteiger partial charge on any atom is -0.367 e. The van der Waals surface area contributed by atoms with E-state index >= 15 is 0 Å². The van der Waals surface area contributed by atoms with Crippen LogP contribution in [0, 0.1) is 11.6 Å². The van der Waals surface area contributed by atoms with Crippen LogP contribution >= 0.6 is 0 Å². The Balaban J connectivity index is 2.20. The second-order valence-corrected chi connectivity index (χ2v) is 4.17. The van der Waals surface area contributed by atoms with Crippen molar-refractivity contribution in [3.05, 3.63) is 54.4 Å². The van der Waals surface area contributed by atoms with E-state index in [0.717, 1.165) is 6.20 Å². The summed E-state index contributed by atoms with van der Waals surface area (Å²) in [7, 11) is 0. The fraction of sp³-hybridized carbons (Fsp3) is 0. The predicted molar refractivity (Wildman–Crippen MR) is 69.5 cm³/mol. The zero-order valence-corrected chi connectivity index (χ0v) is 10.2. The van der Waals surface area contributed by atoms with Crippen LogP contribution in [0.2, 0.25) is 0 Å².